The Balaban J connectivity index is 1.06. The van der Waals surface area contributed by atoms with Gasteiger partial charge < -0.3 is 14.0 Å². The van der Waals surface area contributed by atoms with Crippen LogP contribution in [-0.2, 0) is 23.6 Å². The fraction of sp³-hybridized carbons (Fsp3) is 0.375. The number of aryl methyl sites for hydroxylation is 3. The highest BCUT2D eigenvalue weighted by atomic mass is 19.1. The Kier molecular flexibility index (Phi) is 9.00. The third-order valence-corrected chi connectivity index (χ3v) is 14.3. The van der Waals surface area contributed by atoms with Crippen LogP contribution in [0.5, 0.6) is 0 Å². The van der Waals surface area contributed by atoms with Gasteiger partial charge in [-0.3, -0.25) is 28.1 Å². The van der Waals surface area contributed by atoms with Crippen LogP contribution in [0.4, 0.5) is 8.78 Å². The minimum atomic E-state index is -0.795. The Bertz CT molecular complexity index is 3380. The van der Waals surface area contributed by atoms with Gasteiger partial charge in [-0.05, 0) is 113 Å². The second kappa shape index (κ2) is 14.3. The third kappa shape index (κ3) is 6.14. The predicted molar refractivity (Wildman–Crippen MR) is 236 cm³/mol. The summed E-state index contributed by atoms with van der Waals surface area (Å²) in [5.41, 5.74) is 4.76. The first-order chi connectivity index (χ1) is 31.1. The Morgan fingerprint density at radius 2 is 1.69 bits per heavy atom. The van der Waals surface area contributed by atoms with Gasteiger partial charge in [0.1, 0.15) is 11.6 Å². The lowest BCUT2D eigenvalue weighted by Crippen LogP contribution is -2.40. The van der Waals surface area contributed by atoms with Crippen LogP contribution in [0.3, 0.4) is 0 Å². The van der Waals surface area contributed by atoms with E-state index in [-0.39, 0.29) is 40.2 Å². The molecular formula is C48H48F2N10O5. The lowest BCUT2D eigenvalue weighted by atomic mass is 9.84. The molecular weight excluding hydrogens is 835 g/mol. The van der Waals surface area contributed by atoms with Gasteiger partial charge in [-0.2, -0.15) is 10.2 Å². The highest BCUT2D eigenvalue weighted by molar-refractivity contribution is 5.99. The van der Waals surface area contributed by atoms with Crippen LogP contribution in [0.2, 0.25) is 0 Å². The number of ether oxygens (including phenoxy) is 1. The van der Waals surface area contributed by atoms with Gasteiger partial charge in [-0.15, -0.1) is 0 Å². The SMILES string of the molecule is Cc1cc(-n2nc3c(c2-n2ccn(-c4ccc5c(cnn5C)c4F)c2=O)[C@H](C)N(C(=O)c2cn4cc([C@H]5CCOC(C)(C)C5)ccc4c2[C@@]2(c4noc(=O)[nH]4)C[C@@H]2C)CC3)cc(C)c1F. The molecule has 0 spiro atoms. The summed E-state index contributed by atoms with van der Waals surface area (Å²) in [5.74, 6) is -0.864. The van der Waals surface area contributed by atoms with Crippen molar-refractivity contribution in [3.8, 4) is 17.2 Å². The number of aromatic amines is 1. The van der Waals surface area contributed by atoms with Crippen LogP contribution in [0, 0.1) is 31.4 Å². The predicted octanol–water partition coefficient (Wildman–Crippen LogP) is 7.28. The second-order valence-corrected chi connectivity index (χ2v) is 18.8. The molecule has 15 nitrogen and oxygen atoms in total. The molecule has 334 valence electrons. The van der Waals surface area contributed by atoms with Gasteiger partial charge in [0.2, 0.25) is 0 Å². The van der Waals surface area contributed by atoms with Crippen molar-refractivity contribution in [2.75, 3.05) is 13.2 Å². The highest BCUT2D eigenvalue weighted by Gasteiger charge is 2.59. The number of imidazole rings is 1. The minimum absolute atomic E-state index is 0.0226. The lowest BCUT2D eigenvalue weighted by Gasteiger charge is -2.35. The number of hydrogen-bond acceptors (Lipinski definition) is 8. The van der Waals surface area contributed by atoms with Crippen molar-refractivity contribution >= 4 is 22.3 Å². The van der Waals surface area contributed by atoms with E-state index in [4.69, 9.17) is 14.4 Å². The maximum atomic E-state index is 16.1. The topological polar surface area (TPSA) is 155 Å². The summed E-state index contributed by atoms with van der Waals surface area (Å²) in [6.07, 6.45) is 11.2. The van der Waals surface area contributed by atoms with Gasteiger partial charge >= 0.3 is 11.4 Å². The first-order valence-corrected chi connectivity index (χ1v) is 22.0. The van der Waals surface area contributed by atoms with Gasteiger partial charge in [-0.1, -0.05) is 18.1 Å². The zero-order valence-corrected chi connectivity index (χ0v) is 37.1. The molecule has 1 saturated carbocycles. The van der Waals surface area contributed by atoms with Gasteiger partial charge in [-0.25, -0.2) is 23.1 Å². The number of nitrogens with zero attached hydrogens (tertiary/aromatic N) is 9. The number of carbonyl (C=O) groups excluding carboxylic acids is 1. The smallest absolute Gasteiger partial charge is 0.376 e. The number of fused-ring (bicyclic) bond motifs is 3. The van der Waals surface area contributed by atoms with Crippen molar-refractivity contribution in [3.05, 3.63) is 145 Å². The molecule has 0 radical (unpaired) electrons. The van der Waals surface area contributed by atoms with E-state index in [1.807, 2.05) is 17.5 Å². The van der Waals surface area contributed by atoms with Crippen LogP contribution >= 0.6 is 0 Å². The van der Waals surface area contributed by atoms with E-state index in [1.165, 1.54) is 21.5 Å². The maximum absolute atomic E-state index is 16.1. The van der Waals surface area contributed by atoms with E-state index in [0.29, 0.717) is 76.8 Å². The zero-order valence-electron chi connectivity index (χ0n) is 37.1. The van der Waals surface area contributed by atoms with Crippen molar-refractivity contribution in [3.63, 3.8) is 0 Å². The average molecular weight is 883 g/mol. The molecule has 2 aromatic carbocycles. The van der Waals surface area contributed by atoms with Crippen LogP contribution in [0.1, 0.15) is 109 Å². The number of carbonyl (C=O) groups is 1. The van der Waals surface area contributed by atoms with Gasteiger partial charge in [0.15, 0.2) is 11.6 Å². The monoisotopic (exact) mass is 882 g/mol. The molecule has 4 atom stereocenters. The standard InChI is InChI=1S/C48H48F2N10O5/c1-25-18-31(19-26(2)40(25)49)60-42(59-16-15-58(46(59)63)37-11-10-35-32(41(37)50)22-51-55(35)7)38-28(4)57(14-12-34(38)53-60)43(61)33-24-56-23-30(29-13-17-64-47(5,6)21-29)8-9-36(56)39(33)48(20-27(48)3)44-52-45(62)65-54-44/h8-11,15-16,18-19,22-24,27-29H,12-14,17,20-21H2,1-7H3,(H,52,54,62)/t27-,28-,29-,48+/m0/s1. The Hall–Kier alpha value is -6.88. The van der Waals surface area contributed by atoms with Crippen molar-refractivity contribution in [1.29, 1.82) is 0 Å². The first-order valence-electron chi connectivity index (χ1n) is 22.0. The number of pyridine rings is 1. The number of aromatic nitrogens is 9. The molecule has 1 amide bonds. The van der Waals surface area contributed by atoms with E-state index >= 15 is 13.6 Å². The molecule has 1 saturated heterocycles. The second-order valence-electron chi connectivity index (χ2n) is 18.8. The number of halogens is 2. The molecule has 3 aliphatic rings. The van der Waals surface area contributed by atoms with Crippen molar-refractivity contribution in [2.24, 2.45) is 13.0 Å². The number of benzene rings is 2. The fourth-order valence-corrected chi connectivity index (χ4v) is 10.9. The van der Waals surface area contributed by atoms with Gasteiger partial charge in [0.25, 0.3) is 5.91 Å². The van der Waals surface area contributed by atoms with Crippen molar-refractivity contribution in [1.82, 2.24) is 48.1 Å². The van der Waals surface area contributed by atoms with Crippen LogP contribution < -0.4 is 11.4 Å². The number of nitrogens with one attached hydrogen (secondary N) is 1. The van der Waals surface area contributed by atoms with E-state index in [1.54, 1.807) is 65.6 Å². The summed E-state index contributed by atoms with van der Waals surface area (Å²) in [5, 5.41) is 13.7. The molecule has 17 heteroatoms. The summed E-state index contributed by atoms with van der Waals surface area (Å²) in [6, 6.07) is 10.2. The molecule has 65 heavy (non-hydrogen) atoms. The third-order valence-electron chi connectivity index (χ3n) is 14.3. The van der Waals surface area contributed by atoms with E-state index < -0.39 is 28.7 Å². The Morgan fingerprint density at radius 1 is 0.954 bits per heavy atom. The molecule has 2 aliphatic heterocycles. The van der Waals surface area contributed by atoms with Gasteiger partial charge in [0.05, 0.1) is 62.3 Å². The summed E-state index contributed by atoms with van der Waals surface area (Å²) in [6.45, 7) is 12.5. The zero-order chi connectivity index (χ0) is 45.4. The lowest BCUT2D eigenvalue weighted by molar-refractivity contribution is -0.0593. The summed E-state index contributed by atoms with van der Waals surface area (Å²) >= 11 is 0. The average Bonchev–Trinajstić information content (AvgIpc) is 3.90. The molecule has 8 aromatic rings. The van der Waals surface area contributed by atoms with E-state index in [9.17, 15) is 9.59 Å². The summed E-state index contributed by atoms with van der Waals surface area (Å²) in [4.78, 5) is 47.3. The molecule has 0 unspecified atom stereocenters. The summed E-state index contributed by atoms with van der Waals surface area (Å²) < 4.78 is 50.2. The molecule has 11 rings (SSSR count). The fourth-order valence-electron chi connectivity index (χ4n) is 10.9. The highest BCUT2D eigenvalue weighted by Crippen LogP contribution is 2.60. The van der Waals surface area contributed by atoms with Crippen molar-refractivity contribution in [2.45, 2.75) is 90.2 Å². The minimum Gasteiger partial charge on any atom is -0.376 e. The Labute approximate surface area is 370 Å². The first kappa shape index (κ1) is 40.9. The molecule has 1 N–H and O–H groups in total. The van der Waals surface area contributed by atoms with Gasteiger partial charge in [0, 0.05) is 62.5 Å². The largest absolute Gasteiger partial charge is 0.438 e. The molecule has 8 heterocycles. The van der Waals surface area contributed by atoms with E-state index in [2.05, 4.69) is 54.3 Å². The normalized spacial score (nSPS) is 21.7. The molecule has 0 bridgehead atoms. The van der Waals surface area contributed by atoms with E-state index in [0.717, 1.165) is 29.5 Å². The van der Waals surface area contributed by atoms with Crippen LogP contribution in [-0.4, -0.2) is 72.8 Å². The Morgan fingerprint density at radius 3 is 2.40 bits per heavy atom. The van der Waals surface area contributed by atoms with Crippen molar-refractivity contribution < 1.29 is 22.8 Å². The quantitative estimate of drug-likeness (QED) is 0.175. The molecule has 6 aromatic heterocycles. The molecule has 1 aliphatic carbocycles. The maximum Gasteiger partial charge on any atom is 0.438 e. The number of amides is 1. The number of H-pyrrole nitrogens is 1. The number of hydrogen-bond donors (Lipinski definition) is 1. The molecule has 2 fully saturated rings. The number of rotatable bonds is 7. The summed E-state index contributed by atoms with van der Waals surface area (Å²) in [7, 11) is 1.72. The van der Waals surface area contributed by atoms with Crippen LogP contribution in [0.15, 0.2) is 81.5 Å². The van der Waals surface area contributed by atoms with Crippen LogP contribution in [0.25, 0.3) is 33.6 Å².